The van der Waals surface area contributed by atoms with E-state index >= 15 is 0 Å². The van der Waals surface area contributed by atoms with E-state index in [0.717, 1.165) is 11.4 Å². The molecule has 1 heterocycles. The Morgan fingerprint density at radius 3 is 2.38 bits per heavy atom. The number of ether oxygens (including phenoxy) is 1. The highest BCUT2D eigenvalue weighted by molar-refractivity contribution is 6.03. The lowest BCUT2D eigenvalue weighted by Gasteiger charge is -2.10. The molecule has 3 rings (SSSR count). The van der Waals surface area contributed by atoms with Crippen LogP contribution in [0.1, 0.15) is 30.0 Å². The molecule has 2 N–H and O–H groups in total. The summed E-state index contributed by atoms with van der Waals surface area (Å²) in [6.07, 6.45) is -0.528. The summed E-state index contributed by atoms with van der Waals surface area (Å²) in [5.41, 5.74) is 3.12. The molecule has 0 aliphatic heterocycles. The van der Waals surface area contributed by atoms with Crippen LogP contribution < -0.4 is 10.6 Å². The van der Waals surface area contributed by atoms with Gasteiger partial charge in [-0.1, -0.05) is 38.1 Å². The van der Waals surface area contributed by atoms with Gasteiger partial charge in [-0.25, -0.2) is 9.48 Å². The largest absolute Gasteiger partial charge is 0.449 e. The fourth-order valence-electron chi connectivity index (χ4n) is 2.68. The highest BCUT2D eigenvalue weighted by Crippen LogP contribution is 2.17. The molecular weight excluding hydrogens is 368 g/mol. The van der Waals surface area contributed by atoms with Crippen LogP contribution in [-0.2, 0) is 4.74 Å². The zero-order valence-corrected chi connectivity index (χ0v) is 16.7. The second-order valence-corrected chi connectivity index (χ2v) is 7.07. The second kappa shape index (κ2) is 9.05. The molecule has 7 heteroatoms. The molecule has 0 spiro atoms. The monoisotopic (exact) mass is 392 g/mol. The molecule has 1 aromatic heterocycles. The van der Waals surface area contributed by atoms with Crippen molar-refractivity contribution in [3.05, 3.63) is 72.1 Å². The highest BCUT2D eigenvalue weighted by Gasteiger charge is 2.14. The van der Waals surface area contributed by atoms with Gasteiger partial charge in [0.1, 0.15) is 0 Å². The minimum atomic E-state index is -0.528. The molecule has 7 nitrogen and oxygen atoms in total. The highest BCUT2D eigenvalue weighted by atomic mass is 16.5. The maximum absolute atomic E-state index is 12.6. The Balaban J connectivity index is 1.68. The van der Waals surface area contributed by atoms with Crippen LogP contribution in [0.15, 0.2) is 60.7 Å². The lowest BCUT2D eigenvalue weighted by atomic mass is 10.2. The van der Waals surface area contributed by atoms with E-state index in [1.54, 1.807) is 35.0 Å². The molecule has 0 aliphatic rings. The first-order chi connectivity index (χ1) is 13.9. The van der Waals surface area contributed by atoms with E-state index in [1.807, 2.05) is 51.1 Å². The molecule has 2 amide bonds. The topological polar surface area (TPSA) is 85.2 Å². The Kier molecular flexibility index (Phi) is 6.29. The zero-order chi connectivity index (χ0) is 20.8. The lowest BCUT2D eigenvalue weighted by Crippen LogP contribution is -2.17. The number of carbonyl (C=O) groups is 2. The first kappa shape index (κ1) is 20.1. The van der Waals surface area contributed by atoms with Crippen LogP contribution in [0, 0.1) is 12.8 Å². The van der Waals surface area contributed by atoms with Gasteiger partial charge >= 0.3 is 6.09 Å². The number of anilines is 2. The number of amides is 2. The molecule has 0 radical (unpaired) electrons. The van der Waals surface area contributed by atoms with Crippen LogP contribution in [0.5, 0.6) is 0 Å². The van der Waals surface area contributed by atoms with Crippen LogP contribution in [0.25, 0.3) is 5.69 Å². The SMILES string of the molecule is Cc1cc(C(=O)Nc2cccc(NC(=O)OCC(C)C)c2)nn1-c1ccccc1. The van der Waals surface area contributed by atoms with Crippen molar-refractivity contribution in [1.82, 2.24) is 9.78 Å². The van der Waals surface area contributed by atoms with Crippen molar-refractivity contribution in [2.75, 3.05) is 17.2 Å². The van der Waals surface area contributed by atoms with Gasteiger partial charge in [0.15, 0.2) is 5.69 Å². The van der Waals surface area contributed by atoms with Gasteiger partial charge in [-0.15, -0.1) is 0 Å². The predicted molar refractivity (Wildman–Crippen MR) is 113 cm³/mol. The number of nitrogens with one attached hydrogen (secondary N) is 2. The number of hydrogen-bond acceptors (Lipinski definition) is 4. The van der Waals surface area contributed by atoms with Gasteiger partial charge in [0.25, 0.3) is 5.91 Å². The van der Waals surface area contributed by atoms with Gasteiger partial charge in [0, 0.05) is 17.1 Å². The number of benzene rings is 2. The Bertz CT molecular complexity index is 996. The number of aromatic nitrogens is 2. The second-order valence-electron chi connectivity index (χ2n) is 7.07. The summed E-state index contributed by atoms with van der Waals surface area (Å²) in [6, 6.07) is 18.2. The molecule has 0 saturated heterocycles. The van der Waals surface area contributed by atoms with Crippen LogP contribution in [0.4, 0.5) is 16.2 Å². The van der Waals surface area contributed by atoms with Crippen LogP contribution >= 0.6 is 0 Å². The Hall–Kier alpha value is -3.61. The zero-order valence-electron chi connectivity index (χ0n) is 16.7. The Labute approximate surface area is 169 Å². The summed E-state index contributed by atoms with van der Waals surface area (Å²) < 4.78 is 6.83. The number of hydrogen-bond donors (Lipinski definition) is 2. The first-order valence-electron chi connectivity index (χ1n) is 9.39. The lowest BCUT2D eigenvalue weighted by molar-refractivity contribution is 0.102. The van der Waals surface area contributed by atoms with Crippen LogP contribution in [-0.4, -0.2) is 28.4 Å². The molecule has 0 aliphatic carbocycles. The van der Waals surface area contributed by atoms with Gasteiger partial charge in [-0.3, -0.25) is 10.1 Å². The van der Waals surface area contributed by atoms with E-state index in [-0.39, 0.29) is 11.8 Å². The van der Waals surface area contributed by atoms with E-state index in [0.29, 0.717) is 23.7 Å². The minimum absolute atomic E-state index is 0.255. The van der Waals surface area contributed by atoms with Gasteiger partial charge in [-0.2, -0.15) is 5.10 Å². The number of carbonyl (C=O) groups excluding carboxylic acids is 2. The molecule has 3 aromatic rings. The van der Waals surface area contributed by atoms with Gasteiger partial charge in [-0.05, 0) is 49.2 Å². The smallest absolute Gasteiger partial charge is 0.411 e. The maximum Gasteiger partial charge on any atom is 0.411 e. The third-order valence-corrected chi connectivity index (χ3v) is 4.04. The predicted octanol–water partition coefficient (Wildman–Crippen LogP) is 4.64. The summed E-state index contributed by atoms with van der Waals surface area (Å²) >= 11 is 0. The molecule has 0 bridgehead atoms. The quantitative estimate of drug-likeness (QED) is 0.640. The Morgan fingerprint density at radius 1 is 1.00 bits per heavy atom. The summed E-state index contributed by atoms with van der Waals surface area (Å²) in [5, 5.41) is 9.86. The van der Waals surface area contributed by atoms with Crippen molar-refractivity contribution >= 4 is 23.4 Å². The van der Waals surface area contributed by atoms with Gasteiger partial charge in [0.05, 0.1) is 12.3 Å². The normalized spacial score (nSPS) is 10.6. The number of para-hydroxylation sites is 1. The fourth-order valence-corrected chi connectivity index (χ4v) is 2.68. The third-order valence-electron chi connectivity index (χ3n) is 4.04. The number of rotatable bonds is 6. The molecule has 0 atom stereocenters. The van der Waals surface area contributed by atoms with E-state index in [2.05, 4.69) is 15.7 Å². The van der Waals surface area contributed by atoms with Gasteiger partial charge < -0.3 is 10.1 Å². The number of nitrogens with zero attached hydrogens (tertiary/aromatic N) is 2. The standard InChI is InChI=1S/C22H24N4O3/c1-15(2)14-29-22(28)24-18-9-7-8-17(13-18)23-21(27)20-12-16(3)26(25-20)19-10-5-4-6-11-19/h4-13,15H,14H2,1-3H3,(H,23,27)(H,24,28). The maximum atomic E-state index is 12.6. The molecule has 2 aromatic carbocycles. The summed E-state index contributed by atoms with van der Waals surface area (Å²) in [7, 11) is 0. The van der Waals surface area contributed by atoms with E-state index in [1.165, 1.54) is 0 Å². The van der Waals surface area contributed by atoms with Gasteiger partial charge in [0.2, 0.25) is 0 Å². The average molecular weight is 392 g/mol. The average Bonchev–Trinajstić information content (AvgIpc) is 3.09. The fraction of sp³-hybridized carbons (Fsp3) is 0.227. The van der Waals surface area contributed by atoms with Crippen molar-refractivity contribution < 1.29 is 14.3 Å². The van der Waals surface area contributed by atoms with E-state index < -0.39 is 6.09 Å². The third kappa shape index (κ3) is 5.44. The summed E-state index contributed by atoms with van der Waals surface area (Å²) in [6.45, 7) is 6.16. The molecule has 29 heavy (non-hydrogen) atoms. The van der Waals surface area contributed by atoms with Crippen molar-refractivity contribution in [3.8, 4) is 5.69 Å². The van der Waals surface area contributed by atoms with E-state index in [4.69, 9.17) is 4.74 Å². The van der Waals surface area contributed by atoms with Crippen LogP contribution in [0.3, 0.4) is 0 Å². The first-order valence-corrected chi connectivity index (χ1v) is 9.39. The minimum Gasteiger partial charge on any atom is -0.449 e. The molecular formula is C22H24N4O3. The number of aryl methyl sites for hydroxylation is 1. The Morgan fingerprint density at radius 2 is 1.69 bits per heavy atom. The molecule has 0 saturated carbocycles. The van der Waals surface area contributed by atoms with Crippen molar-refractivity contribution in [1.29, 1.82) is 0 Å². The van der Waals surface area contributed by atoms with Crippen LogP contribution in [0.2, 0.25) is 0 Å². The van der Waals surface area contributed by atoms with Crippen molar-refractivity contribution in [2.24, 2.45) is 5.92 Å². The summed E-state index contributed by atoms with van der Waals surface area (Å²) in [4.78, 5) is 24.4. The van der Waals surface area contributed by atoms with Crippen molar-refractivity contribution in [2.45, 2.75) is 20.8 Å². The molecule has 0 fully saturated rings. The molecule has 150 valence electrons. The van der Waals surface area contributed by atoms with Crippen molar-refractivity contribution in [3.63, 3.8) is 0 Å². The molecule has 0 unspecified atom stereocenters. The van der Waals surface area contributed by atoms with E-state index in [9.17, 15) is 9.59 Å². The summed E-state index contributed by atoms with van der Waals surface area (Å²) in [5.74, 6) is -0.0761.